The standard InChI is InChI=1S/C22H26ClN3O2/c1-2-6-22(28)26-13-11-25(12-14-26)20-10-9-18(23)16-19(20)24-21(27)15-17-7-4-3-5-8-17/h3-5,7-10,16H,2,6,11-15H2,1H3,(H,24,27). The fourth-order valence-corrected chi connectivity index (χ4v) is 3.60. The molecule has 0 saturated carbocycles. The minimum absolute atomic E-state index is 0.0773. The Balaban J connectivity index is 1.67. The molecule has 1 fully saturated rings. The summed E-state index contributed by atoms with van der Waals surface area (Å²) in [6.45, 7) is 4.88. The summed E-state index contributed by atoms with van der Waals surface area (Å²) in [6, 6.07) is 15.2. The van der Waals surface area contributed by atoms with Crippen LogP contribution in [-0.2, 0) is 16.0 Å². The van der Waals surface area contributed by atoms with Crippen LogP contribution in [0.4, 0.5) is 11.4 Å². The van der Waals surface area contributed by atoms with Gasteiger partial charge in [0.2, 0.25) is 11.8 Å². The molecule has 1 N–H and O–H groups in total. The van der Waals surface area contributed by atoms with E-state index in [0.29, 0.717) is 36.6 Å². The molecule has 6 heteroatoms. The highest BCUT2D eigenvalue weighted by atomic mass is 35.5. The Morgan fingerprint density at radius 2 is 1.75 bits per heavy atom. The molecule has 0 unspecified atom stereocenters. The van der Waals surface area contributed by atoms with Crippen molar-refractivity contribution in [2.24, 2.45) is 0 Å². The van der Waals surface area contributed by atoms with E-state index in [0.717, 1.165) is 30.8 Å². The van der Waals surface area contributed by atoms with Crippen molar-refractivity contribution < 1.29 is 9.59 Å². The zero-order valence-electron chi connectivity index (χ0n) is 16.2. The second kappa shape index (κ2) is 9.60. The highest BCUT2D eigenvalue weighted by Gasteiger charge is 2.22. The number of piperazine rings is 1. The highest BCUT2D eigenvalue weighted by molar-refractivity contribution is 6.31. The first-order chi connectivity index (χ1) is 13.6. The Hall–Kier alpha value is -2.53. The molecule has 1 aliphatic heterocycles. The van der Waals surface area contributed by atoms with Crippen molar-refractivity contribution >= 4 is 34.8 Å². The minimum atomic E-state index is -0.0773. The van der Waals surface area contributed by atoms with Crippen LogP contribution < -0.4 is 10.2 Å². The first-order valence-electron chi connectivity index (χ1n) is 9.73. The van der Waals surface area contributed by atoms with Crippen LogP contribution in [0.3, 0.4) is 0 Å². The van der Waals surface area contributed by atoms with Gasteiger partial charge < -0.3 is 15.1 Å². The van der Waals surface area contributed by atoms with E-state index in [4.69, 9.17) is 11.6 Å². The van der Waals surface area contributed by atoms with Crippen LogP contribution in [0.15, 0.2) is 48.5 Å². The molecule has 2 aromatic rings. The van der Waals surface area contributed by atoms with E-state index in [1.54, 1.807) is 6.07 Å². The van der Waals surface area contributed by atoms with Gasteiger partial charge in [0, 0.05) is 37.6 Å². The number of hydrogen-bond acceptors (Lipinski definition) is 3. The molecule has 1 heterocycles. The van der Waals surface area contributed by atoms with Crippen LogP contribution in [0.25, 0.3) is 0 Å². The normalized spacial score (nSPS) is 14.1. The molecule has 3 rings (SSSR count). The SMILES string of the molecule is CCCC(=O)N1CCN(c2ccc(Cl)cc2NC(=O)Cc2ccccc2)CC1. The van der Waals surface area contributed by atoms with Gasteiger partial charge in [0.15, 0.2) is 0 Å². The highest BCUT2D eigenvalue weighted by Crippen LogP contribution is 2.30. The Bertz CT molecular complexity index is 818. The van der Waals surface area contributed by atoms with Gasteiger partial charge in [-0.2, -0.15) is 0 Å². The lowest BCUT2D eigenvalue weighted by Crippen LogP contribution is -2.48. The van der Waals surface area contributed by atoms with E-state index in [-0.39, 0.29) is 11.8 Å². The number of nitrogens with zero attached hydrogens (tertiary/aromatic N) is 2. The number of carbonyl (C=O) groups excluding carboxylic acids is 2. The first-order valence-corrected chi connectivity index (χ1v) is 10.1. The van der Waals surface area contributed by atoms with Gasteiger partial charge >= 0.3 is 0 Å². The van der Waals surface area contributed by atoms with E-state index in [2.05, 4.69) is 10.2 Å². The van der Waals surface area contributed by atoms with Crippen LogP contribution in [0.1, 0.15) is 25.3 Å². The number of hydrogen-bond donors (Lipinski definition) is 1. The third kappa shape index (κ3) is 5.26. The molecule has 2 amide bonds. The van der Waals surface area contributed by atoms with E-state index in [9.17, 15) is 9.59 Å². The Morgan fingerprint density at radius 3 is 2.43 bits per heavy atom. The topological polar surface area (TPSA) is 52.7 Å². The number of rotatable bonds is 6. The number of anilines is 2. The van der Waals surface area contributed by atoms with Crippen molar-refractivity contribution in [2.45, 2.75) is 26.2 Å². The average molecular weight is 400 g/mol. The maximum absolute atomic E-state index is 12.5. The van der Waals surface area contributed by atoms with Crippen molar-refractivity contribution in [1.82, 2.24) is 4.90 Å². The second-order valence-electron chi connectivity index (χ2n) is 6.99. The summed E-state index contributed by atoms with van der Waals surface area (Å²) in [7, 11) is 0. The van der Waals surface area contributed by atoms with Crippen LogP contribution in [0.2, 0.25) is 5.02 Å². The lowest BCUT2D eigenvalue weighted by Gasteiger charge is -2.37. The summed E-state index contributed by atoms with van der Waals surface area (Å²) < 4.78 is 0. The Morgan fingerprint density at radius 1 is 1.04 bits per heavy atom. The zero-order valence-corrected chi connectivity index (χ0v) is 16.9. The molecule has 0 spiro atoms. The predicted molar refractivity (Wildman–Crippen MR) is 114 cm³/mol. The predicted octanol–water partition coefficient (Wildman–Crippen LogP) is 3.97. The summed E-state index contributed by atoms with van der Waals surface area (Å²) >= 11 is 6.18. The fourth-order valence-electron chi connectivity index (χ4n) is 3.43. The summed E-state index contributed by atoms with van der Waals surface area (Å²) in [5, 5.41) is 3.59. The third-order valence-corrected chi connectivity index (χ3v) is 5.11. The van der Waals surface area contributed by atoms with Gasteiger partial charge in [0.05, 0.1) is 17.8 Å². The molecule has 28 heavy (non-hydrogen) atoms. The summed E-state index contributed by atoms with van der Waals surface area (Å²) in [6.07, 6.45) is 1.78. The zero-order chi connectivity index (χ0) is 19.9. The smallest absolute Gasteiger partial charge is 0.228 e. The largest absolute Gasteiger partial charge is 0.366 e. The Kier molecular flexibility index (Phi) is 6.93. The average Bonchev–Trinajstić information content (AvgIpc) is 2.69. The first kappa shape index (κ1) is 20.2. The van der Waals surface area contributed by atoms with Gasteiger partial charge in [0.25, 0.3) is 0 Å². The van der Waals surface area contributed by atoms with E-state index in [1.807, 2.05) is 54.3 Å². The molecule has 0 radical (unpaired) electrons. The van der Waals surface area contributed by atoms with Gasteiger partial charge in [0.1, 0.15) is 0 Å². The van der Waals surface area contributed by atoms with Crippen molar-refractivity contribution in [3.63, 3.8) is 0 Å². The monoisotopic (exact) mass is 399 g/mol. The number of carbonyl (C=O) groups is 2. The van der Waals surface area contributed by atoms with Crippen LogP contribution in [0.5, 0.6) is 0 Å². The van der Waals surface area contributed by atoms with Crippen LogP contribution >= 0.6 is 11.6 Å². The van der Waals surface area contributed by atoms with Crippen molar-refractivity contribution in [2.75, 3.05) is 36.4 Å². The lowest BCUT2D eigenvalue weighted by molar-refractivity contribution is -0.131. The maximum Gasteiger partial charge on any atom is 0.228 e. The van der Waals surface area contributed by atoms with Gasteiger partial charge in [-0.25, -0.2) is 0 Å². The fraction of sp³-hybridized carbons (Fsp3) is 0.364. The molecule has 1 aliphatic rings. The molecule has 0 bridgehead atoms. The molecule has 5 nitrogen and oxygen atoms in total. The molecule has 0 aromatic heterocycles. The number of amides is 2. The van der Waals surface area contributed by atoms with Gasteiger partial charge in [-0.05, 0) is 30.2 Å². The Labute approximate surface area is 171 Å². The molecule has 2 aromatic carbocycles. The third-order valence-electron chi connectivity index (χ3n) is 4.88. The van der Waals surface area contributed by atoms with E-state index < -0.39 is 0 Å². The van der Waals surface area contributed by atoms with Crippen molar-refractivity contribution in [3.05, 3.63) is 59.1 Å². The molecular formula is C22H26ClN3O2. The maximum atomic E-state index is 12.5. The van der Waals surface area contributed by atoms with E-state index >= 15 is 0 Å². The summed E-state index contributed by atoms with van der Waals surface area (Å²) in [4.78, 5) is 28.7. The molecular weight excluding hydrogens is 374 g/mol. The number of benzene rings is 2. The molecule has 0 atom stereocenters. The van der Waals surface area contributed by atoms with Crippen LogP contribution in [0, 0.1) is 0 Å². The van der Waals surface area contributed by atoms with Gasteiger partial charge in [-0.3, -0.25) is 9.59 Å². The number of halogens is 1. The molecule has 148 valence electrons. The minimum Gasteiger partial charge on any atom is -0.366 e. The second-order valence-corrected chi connectivity index (χ2v) is 7.43. The molecule has 1 saturated heterocycles. The van der Waals surface area contributed by atoms with Crippen molar-refractivity contribution in [3.8, 4) is 0 Å². The summed E-state index contributed by atoms with van der Waals surface area (Å²) in [5.74, 6) is 0.140. The quantitative estimate of drug-likeness (QED) is 0.799. The lowest BCUT2D eigenvalue weighted by atomic mass is 10.1. The van der Waals surface area contributed by atoms with Gasteiger partial charge in [-0.15, -0.1) is 0 Å². The van der Waals surface area contributed by atoms with Crippen molar-refractivity contribution in [1.29, 1.82) is 0 Å². The number of nitrogens with one attached hydrogen (secondary N) is 1. The van der Waals surface area contributed by atoms with Crippen LogP contribution in [-0.4, -0.2) is 42.9 Å². The molecule has 0 aliphatic carbocycles. The van der Waals surface area contributed by atoms with Gasteiger partial charge in [-0.1, -0.05) is 48.9 Å². The van der Waals surface area contributed by atoms with E-state index in [1.165, 1.54) is 0 Å². The summed E-state index contributed by atoms with van der Waals surface area (Å²) in [5.41, 5.74) is 2.61.